The van der Waals surface area contributed by atoms with Crippen molar-refractivity contribution < 1.29 is 28.7 Å². The molecule has 0 aliphatic carbocycles. The minimum absolute atomic E-state index is 0.0102. The normalized spacial score (nSPS) is 15.0. The first-order valence-corrected chi connectivity index (χ1v) is 17.6. The molecule has 1 heterocycles. The molecule has 1 fully saturated rings. The van der Waals surface area contributed by atoms with Crippen LogP contribution in [0.1, 0.15) is 113 Å². The first-order chi connectivity index (χ1) is 23.1. The van der Waals surface area contributed by atoms with E-state index < -0.39 is 47.1 Å². The first kappa shape index (κ1) is 40.3. The van der Waals surface area contributed by atoms with Gasteiger partial charge in [-0.3, -0.25) is 19.2 Å². The number of ketones is 1. The van der Waals surface area contributed by atoms with Crippen molar-refractivity contribution in [2.24, 2.45) is 5.41 Å². The zero-order valence-corrected chi connectivity index (χ0v) is 32.3. The molecule has 11 heteroatoms. The lowest BCUT2D eigenvalue weighted by Gasteiger charge is -2.31. The first-order valence-electron chi connectivity index (χ1n) is 17.2. The Morgan fingerprint density at radius 2 is 1.48 bits per heavy atom. The summed E-state index contributed by atoms with van der Waals surface area (Å²) in [5, 5.41) is 8.05. The summed E-state index contributed by atoms with van der Waals surface area (Å²) in [4.78, 5) is 67.6. The van der Waals surface area contributed by atoms with Gasteiger partial charge >= 0.3 is 6.03 Å². The molecule has 0 aromatic heterocycles. The molecular weight excluding hydrogens is 656 g/mol. The molecule has 1 aliphatic heterocycles. The van der Waals surface area contributed by atoms with Gasteiger partial charge in [-0.15, -0.1) is 0 Å². The topological polar surface area (TPSA) is 134 Å². The van der Waals surface area contributed by atoms with Crippen molar-refractivity contribution in [2.75, 3.05) is 10.6 Å². The predicted molar refractivity (Wildman–Crippen MR) is 198 cm³/mol. The minimum atomic E-state index is -1.78. The van der Waals surface area contributed by atoms with Crippen LogP contribution in [0.4, 0.5) is 16.2 Å². The van der Waals surface area contributed by atoms with E-state index in [0.29, 0.717) is 28.3 Å². The van der Waals surface area contributed by atoms with E-state index in [1.165, 1.54) is 17.7 Å². The van der Waals surface area contributed by atoms with Crippen molar-refractivity contribution in [3.63, 3.8) is 0 Å². The number of Topliss-reactive ketones (excluding diaryl/α,β-unsaturated/α-hetero) is 1. The summed E-state index contributed by atoms with van der Waals surface area (Å²) in [6, 6.07) is 8.06. The standard InChI is InChI=1S/C39H53ClN4O6/c1-13-28(50-29-19-16-23(38(9,10)14-2)20-25(29)39(11,12)15-3)33(46)41-24-17-18-26(40)27(21-24)42-34(47)31(32(45)37(6,7)8)44-35(48)30(22(4)5)43-36(44)49/h16-21,28,31H,13-15H2,1-12H3,(H,41,46)(H,42,47)(H,43,49). The molecule has 10 nitrogen and oxygen atoms in total. The number of halogens is 1. The second kappa shape index (κ2) is 15.4. The molecule has 2 unspecified atom stereocenters. The second-order valence-corrected chi connectivity index (χ2v) is 15.8. The van der Waals surface area contributed by atoms with E-state index in [9.17, 15) is 24.0 Å². The molecule has 2 aromatic carbocycles. The minimum Gasteiger partial charge on any atom is -0.480 e. The lowest BCUT2D eigenvalue weighted by atomic mass is 9.76. The third-order valence-electron chi connectivity index (χ3n) is 9.56. The number of rotatable bonds is 13. The highest BCUT2D eigenvalue weighted by Crippen LogP contribution is 2.39. The third kappa shape index (κ3) is 8.75. The van der Waals surface area contributed by atoms with Gasteiger partial charge in [-0.1, -0.05) is 93.0 Å². The van der Waals surface area contributed by atoms with Crippen LogP contribution in [0.15, 0.2) is 47.7 Å². The molecule has 2 atom stereocenters. The van der Waals surface area contributed by atoms with Gasteiger partial charge in [0.05, 0.1) is 10.7 Å². The second-order valence-electron chi connectivity index (χ2n) is 15.4. The highest BCUT2D eigenvalue weighted by molar-refractivity contribution is 6.34. The van der Waals surface area contributed by atoms with Crippen LogP contribution in [0.25, 0.3) is 0 Å². The highest BCUT2D eigenvalue weighted by Gasteiger charge is 2.48. The van der Waals surface area contributed by atoms with Crippen molar-refractivity contribution in [3.05, 3.63) is 63.8 Å². The van der Waals surface area contributed by atoms with Gasteiger partial charge < -0.3 is 20.7 Å². The Kier molecular flexibility index (Phi) is 12.4. The average Bonchev–Trinajstić information content (AvgIpc) is 3.34. The van der Waals surface area contributed by atoms with E-state index in [2.05, 4.69) is 69.6 Å². The number of hydrogen-bond acceptors (Lipinski definition) is 6. The average molecular weight is 709 g/mol. The number of imide groups is 1. The lowest BCUT2D eigenvalue weighted by molar-refractivity contribution is -0.142. The number of allylic oxidation sites excluding steroid dienone is 1. The number of urea groups is 1. The van der Waals surface area contributed by atoms with Gasteiger partial charge in [-0.25, -0.2) is 9.69 Å². The zero-order chi connectivity index (χ0) is 37.9. The summed E-state index contributed by atoms with van der Waals surface area (Å²) < 4.78 is 6.40. The molecule has 3 rings (SSSR count). The fourth-order valence-electron chi connectivity index (χ4n) is 5.35. The van der Waals surface area contributed by atoms with Crippen LogP contribution in [-0.2, 0) is 30.0 Å². The van der Waals surface area contributed by atoms with E-state index in [1.807, 2.05) is 13.0 Å². The van der Waals surface area contributed by atoms with Crippen molar-refractivity contribution in [1.29, 1.82) is 0 Å². The quantitative estimate of drug-likeness (QED) is 0.109. The van der Waals surface area contributed by atoms with Crippen LogP contribution >= 0.6 is 11.6 Å². The fourth-order valence-corrected chi connectivity index (χ4v) is 5.51. The van der Waals surface area contributed by atoms with Gasteiger partial charge in [0, 0.05) is 16.7 Å². The van der Waals surface area contributed by atoms with Crippen LogP contribution in [0, 0.1) is 5.41 Å². The van der Waals surface area contributed by atoms with E-state index in [1.54, 1.807) is 40.7 Å². The summed E-state index contributed by atoms with van der Waals surface area (Å²) in [6.45, 7) is 23.0. The zero-order valence-electron chi connectivity index (χ0n) is 31.5. The van der Waals surface area contributed by atoms with Crippen LogP contribution < -0.4 is 20.7 Å². The number of carbonyl (C=O) groups is 5. The van der Waals surface area contributed by atoms with Crippen molar-refractivity contribution in [2.45, 2.75) is 125 Å². The number of amides is 5. The Morgan fingerprint density at radius 1 is 0.860 bits per heavy atom. The van der Waals surface area contributed by atoms with E-state index in [-0.39, 0.29) is 27.2 Å². The SMILES string of the molecule is CCC(Oc1ccc(C(C)(C)CC)cc1C(C)(C)CC)C(=O)Nc1ccc(Cl)c(NC(=O)C(C(=O)C(C)(C)C)N2C(=O)NC(=C(C)C)C2=O)c1. The Morgan fingerprint density at radius 3 is 2.00 bits per heavy atom. The lowest BCUT2D eigenvalue weighted by Crippen LogP contribution is -2.55. The number of benzene rings is 2. The Bertz CT molecular complexity index is 1700. The van der Waals surface area contributed by atoms with Gasteiger partial charge in [0.1, 0.15) is 11.4 Å². The Labute approximate surface area is 301 Å². The molecular formula is C39H53ClN4O6. The third-order valence-corrected chi connectivity index (χ3v) is 9.89. The summed E-state index contributed by atoms with van der Waals surface area (Å²) >= 11 is 6.45. The van der Waals surface area contributed by atoms with Crippen LogP contribution in [-0.4, -0.2) is 46.6 Å². The molecule has 0 spiro atoms. The van der Waals surface area contributed by atoms with Gasteiger partial charge in [-0.2, -0.15) is 0 Å². The molecule has 50 heavy (non-hydrogen) atoms. The Balaban J connectivity index is 1.91. The fraction of sp³-hybridized carbons (Fsp3) is 0.513. The van der Waals surface area contributed by atoms with Gasteiger partial charge in [0.25, 0.3) is 17.7 Å². The summed E-state index contributed by atoms with van der Waals surface area (Å²) in [5.41, 5.74) is 1.85. The van der Waals surface area contributed by atoms with E-state index >= 15 is 0 Å². The molecule has 0 saturated carbocycles. The van der Waals surface area contributed by atoms with Crippen LogP contribution in [0.2, 0.25) is 5.02 Å². The summed E-state index contributed by atoms with van der Waals surface area (Å²) in [5.74, 6) is -2.11. The maximum Gasteiger partial charge on any atom is 0.330 e. The summed E-state index contributed by atoms with van der Waals surface area (Å²) in [7, 11) is 0. The Hall–Kier alpha value is -4.18. The molecule has 0 bridgehead atoms. The predicted octanol–water partition coefficient (Wildman–Crippen LogP) is 8.28. The van der Waals surface area contributed by atoms with Crippen LogP contribution in [0.3, 0.4) is 0 Å². The molecule has 5 amide bonds. The monoisotopic (exact) mass is 708 g/mol. The van der Waals surface area contributed by atoms with Crippen molar-refractivity contribution >= 4 is 52.5 Å². The number of nitrogens with one attached hydrogen (secondary N) is 3. The molecule has 272 valence electrons. The molecule has 3 N–H and O–H groups in total. The highest BCUT2D eigenvalue weighted by atomic mass is 35.5. The van der Waals surface area contributed by atoms with Crippen LogP contribution in [0.5, 0.6) is 5.75 Å². The number of anilines is 2. The largest absolute Gasteiger partial charge is 0.480 e. The molecule has 2 aromatic rings. The van der Waals surface area contributed by atoms with E-state index in [0.717, 1.165) is 18.4 Å². The smallest absolute Gasteiger partial charge is 0.330 e. The number of hydrogen-bond donors (Lipinski definition) is 3. The van der Waals surface area contributed by atoms with Gasteiger partial charge in [-0.05, 0) is 79.3 Å². The maximum atomic E-state index is 13.8. The number of nitrogens with zero attached hydrogens (tertiary/aromatic N) is 1. The molecule has 1 saturated heterocycles. The van der Waals surface area contributed by atoms with Gasteiger partial charge in [0.2, 0.25) is 0 Å². The molecule has 1 aliphatic rings. The van der Waals surface area contributed by atoms with Crippen molar-refractivity contribution in [1.82, 2.24) is 10.2 Å². The summed E-state index contributed by atoms with van der Waals surface area (Å²) in [6.07, 6.45) is 1.39. The van der Waals surface area contributed by atoms with E-state index in [4.69, 9.17) is 16.3 Å². The number of ether oxygens (including phenoxy) is 1. The number of carbonyl (C=O) groups excluding carboxylic acids is 5. The van der Waals surface area contributed by atoms with Gasteiger partial charge in [0.15, 0.2) is 17.9 Å². The molecule has 0 radical (unpaired) electrons. The maximum absolute atomic E-state index is 13.8. The van der Waals surface area contributed by atoms with Crippen molar-refractivity contribution in [3.8, 4) is 5.75 Å².